The molecule has 0 bridgehead atoms. The zero-order valence-corrected chi connectivity index (χ0v) is 12.2. The normalized spacial score (nSPS) is 11.5. The van der Waals surface area contributed by atoms with Crippen molar-refractivity contribution in [1.82, 2.24) is 10.3 Å². The largest absolute Gasteiger partial charge is 0.351 e. The quantitative estimate of drug-likeness (QED) is 0.850. The highest BCUT2D eigenvalue weighted by Gasteiger charge is 2.19. The predicted molar refractivity (Wildman–Crippen MR) is 71.4 cm³/mol. The average Bonchev–Trinajstić information content (AvgIpc) is 2.61. The SMILES string of the molecule is Cc1ncsc1C(=O)NCC(C)(C)CCBr. The van der Waals surface area contributed by atoms with Crippen LogP contribution < -0.4 is 5.32 Å². The second-order valence-electron chi connectivity index (χ2n) is 4.55. The van der Waals surface area contributed by atoms with E-state index >= 15 is 0 Å². The first-order valence-corrected chi connectivity index (χ1v) is 7.20. The van der Waals surface area contributed by atoms with E-state index in [2.05, 4.69) is 40.1 Å². The summed E-state index contributed by atoms with van der Waals surface area (Å²) in [6.45, 7) is 6.84. The van der Waals surface area contributed by atoms with Gasteiger partial charge >= 0.3 is 0 Å². The lowest BCUT2D eigenvalue weighted by Gasteiger charge is -2.23. The number of nitrogens with zero attached hydrogens (tertiary/aromatic N) is 1. The third-order valence-corrected chi connectivity index (χ3v) is 3.77. The molecule has 0 saturated carbocycles. The van der Waals surface area contributed by atoms with Crippen molar-refractivity contribution in [2.75, 3.05) is 11.9 Å². The van der Waals surface area contributed by atoms with Crippen molar-refractivity contribution in [1.29, 1.82) is 0 Å². The van der Waals surface area contributed by atoms with Gasteiger partial charge in [0.05, 0.1) is 11.2 Å². The minimum Gasteiger partial charge on any atom is -0.351 e. The molecule has 90 valence electrons. The summed E-state index contributed by atoms with van der Waals surface area (Å²) in [5, 5.41) is 3.92. The van der Waals surface area contributed by atoms with Crippen LogP contribution in [0, 0.1) is 12.3 Å². The topological polar surface area (TPSA) is 42.0 Å². The van der Waals surface area contributed by atoms with Crippen LogP contribution in [0.2, 0.25) is 0 Å². The molecule has 0 aliphatic carbocycles. The van der Waals surface area contributed by atoms with E-state index in [1.54, 1.807) is 5.51 Å². The second kappa shape index (κ2) is 5.77. The van der Waals surface area contributed by atoms with Gasteiger partial charge in [-0.05, 0) is 18.8 Å². The standard InChI is InChI=1S/C11H17BrN2OS/c1-8-9(16-7-14-8)10(15)13-6-11(2,3)4-5-12/h7H,4-6H2,1-3H3,(H,13,15). The highest BCUT2D eigenvalue weighted by molar-refractivity contribution is 9.09. The Kier molecular flexibility index (Phi) is 4.92. The van der Waals surface area contributed by atoms with E-state index in [-0.39, 0.29) is 11.3 Å². The molecule has 1 aromatic heterocycles. The van der Waals surface area contributed by atoms with E-state index in [0.717, 1.165) is 22.3 Å². The number of carbonyl (C=O) groups is 1. The minimum absolute atomic E-state index is 0.0114. The molecule has 1 aromatic rings. The third kappa shape index (κ3) is 3.87. The fraction of sp³-hybridized carbons (Fsp3) is 0.636. The molecule has 0 atom stereocenters. The van der Waals surface area contributed by atoms with Crippen molar-refractivity contribution < 1.29 is 4.79 Å². The number of thiazole rings is 1. The highest BCUT2D eigenvalue weighted by atomic mass is 79.9. The van der Waals surface area contributed by atoms with Gasteiger partial charge in [0.2, 0.25) is 0 Å². The van der Waals surface area contributed by atoms with Gasteiger partial charge in [-0.3, -0.25) is 4.79 Å². The molecule has 5 heteroatoms. The number of amides is 1. The van der Waals surface area contributed by atoms with Gasteiger partial charge in [-0.1, -0.05) is 29.8 Å². The molecule has 1 amide bonds. The van der Waals surface area contributed by atoms with Gasteiger partial charge in [0.15, 0.2) is 0 Å². The van der Waals surface area contributed by atoms with E-state index in [1.807, 2.05) is 6.92 Å². The number of aromatic nitrogens is 1. The fourth-order valence-electron chi connectivity index (χ4n) is 1.26. The van der Waals surface area contributed by atoms with Crippen LogP contribution in [0.1, 0.15) is 35.6 Å². The van der Waals surface area contributed by atoms with Crippen molar-refractivity contribution >= 4 is 33.2 Å². The zero-order chi connectivity index (χ0) is 12.2. The van der Waals surface area contributed by atoms with Crippen molar-refractivity contribution in [3.63, 3.8) is 0 Å². The molecule has 0 aromatic carbocycles. The number of alkyl halides is 1. The summed E-state index contributed by atoms with van der Waals surface area (Å²) in [7, 11) is 0. The maximum absolute atomic E-state index is 11.8. The van der Waals surface area contributed by atoms with Crippen molar-refractivity contribution in [3.05, 3.63) is 16.1 Å². The first kappa shape index (κ1) is 13.6. The zero-order valence-electron chi connectivity index (χ0n) is 9.84. The minimum atomic E-state index is -0.0114. The van der Waals surface area contributed by atoms with Gasteiger partial charge < -0.3 is 5.32 Å². The summed E-state index contributed by atoms with van der Waals surface area (Å²) < 4.78 is 0. The summed E-state index contributed by atoms with van der Waals surface area (Å²) in [6.07, 6.45) is 1.04. The van der Waals surface area contributed by atoms with Gasteiger partial charge in [-0.2, -0.15) is 0 Å². The van der Waals surface area contributed by atoms with Crippen molar-refractivity contribution in [2.45, 2.75) is 27.2 Å². The van der Waals surface area contributed by atoms with E-state index in [0.29, 0.717) is 6.54 Å². The molecule has 0 spiro atoms. The summed E-state index contributed by atoms with van der Waals surface area (Å²) >= 11 is 4.81. The summed E-state index contributed by atoms with van der Waals surface area (Å²) in [5.41, 5.74) is 2.63. The van der Waals surface area contributed by atoms with E-state index in [1.165, 1.54) is 11.3 Å². The fourth-order valence-corrected chi connectivity index (χ4v) is 3.06. The molecule has 3 nitrogen and oxygen atoms in total. The number of hydrogen-bond donors (Lipinski definition) is 1. The number of rotatable bonds is 5. The first-order chi connectivity index (χ1) is 7.46. The summed E-state index contributed by atoms with van der Waals surface area (Å²) in [6, 6.07) is 0. The molecule has 0 aliphatic rings. The molecule has 0 unspecified atom stereocenters. The molecular formula is C11H17BrN2OS. The molecule has 0 fully saturated rings. The maximum atomic E-state index is 11.8. The Morgan fingerprint density at radius 2 is 2.31 bits per heavy atom. The third-order valence-electron chi connectivity index (χ3n) is 2.45. The van der Waals surface area contributed by atoms with Crippen LogP contribution in [-0.4, -0.2) is 22.8 Å². The molecular weight excluding hydrogens is 288 g/mol. The van der Waals surface area contributed by atoms with Crippen LogP contribution >= 0.6 is 27.3 Å². The highest BCUT2D eigenvalue weighted by Crippen LogP contribution is 2.20. The van der Waals surface area contributed by atoms with Gasteiger partial charge in [-0.25, -0.2) is 4.98 Å². The summed E-state index contributed by atoms with van der Waals surface area (Å²) in [4.78, 5) is 16.6. The second-order valence-corrected chi connectivity index (χ2v) is 6.20. The monoisotopic (exact) mass is 304 g/mol. The maximum Gasteiger partial charge on any atom is 0.263 e. The smallest absolute Gasteiger partial charge is 0.263 e. The van der Waals surface area contributed by atoms with Crippen LogP contribution in [0.25, 0.3) is 0 Å². The van der Waals surface area contributed by atoms with Gasteiger partial charge in [0.25, 0.3) is 5.91 Å². The number of carbonyl (C=O) groups excluding carboxylic acids is 1. The van der Waals surface area contributed by atoms with Crippen LogP contribution in [0.5, 0.6) is 0 Å². The van der Waals surface area contributed by atoms with Gasteiger partial charge in [-0.15, -0.1) is 11.3 Å². The van der Waals surface area contributed by atoms with Gasteiger partial charge in [0.1, 0.15) is 4.88 Å². The van der Waals surface area contributed by atoms with E-state index < -0.39 is 0 Å². The van der Waals surface area contributed by atoms with Crippen LogP contribution in [-0.2, 0) is 0 Å². The number of aryl methyl sites for hydroxylation is 1. The molecule has 16 heavy (non-hydrogen) atoms. The van der Waals surface area contributed by atoms with Crippen LogP contribution in [0.3, 0.4) is 0 Å². The number of hydrogen-bond acceptors (Lipinski definition) is 3. The molecule has 1 heterocycles. The lowest BCUT2D eigenvalue weighted by Crippen LogP contribution is -2.34. The molecule has 1 rings (SSSR count). The van der Waals surface area contributed by atoms with Crippen molar-refractivity contribution in [2.24, 2.45) is 5.41 Å². The van der Waals surface area contributed by atoms with Gasteiger partial charge in [0, 0.05) is 11.9 Å². The number of nitrogens with one attached hydrogen (secondary N) is 1. The molecule has 0 saturated heterocycles. The molecule has 1 N–H and O–H groups in total. The van der Waals surface area contributed by atoms with Crippen molar-refractivity contribution in [3.8, 4) is 0 Å². The lowest BCUT2D eigenvalue weighted by molar-refractivity contribution is 0.0939. The summed E-state index contributed by atoms with van der Waals surface area (Å²) in [5.74, 6) is -0.0114. The number of halogens is 1. The average molecular weight is 305 g/mol. The van der Waals surface area contributed by atoms with Crippen LogP contribution in [0.15, 0.2) is 5.51 Å². The Hall–Kier alpha value is -0.420. The molecule has 0 radical (unpaired) electrons. The Labute approximate surface area is 109 Å². The van der Waals surface area contributed by atoms with Crippen LogP contribution in [0.4, 0.5) is 0 Å². The van der Waals surface area contributed by atoms with E-state index in [4.69, 9.17) is 0 Å². The Morgan fingerprint density at radius 3 is 2.81 bits per heavy atom. The Morgan fingerprint density at radius 1 is 1.62 bits per heavy atom. The predicted octanol–water partition coefficient (Wildman–Crippen LogP) is 2.99. The lowest BCUT2D eigenvalue weighted by atomic mass is 9.90. The molecule has 0 aliphatic heterocycles. The Balaban J connectivity index is 2.51. The Bertz CT molecular complexity index is 363. The first-order valence-electron chi connectivity index (χ1n) is 5.20. The van der Waals surface area contributed by atoms with E-state index in [9.17, 15) is 4.79 Å².